The molecule has 56 heavy (non-hydrogen) atoms. The molecule has 6 nitrogen and oxygen atoms in total. The van der Waals surface area contributed by atoms with Crippen LogP contribution in [0.4, 0.5) is 0 Å². The number of hydrogen-bond donors (Lipinski definition) is 0. The maximum Gasteiger partial charge on any atom is 0.145 e. The second-order valence-electron chi connectivity index (χ2n) is 13.9. The molecular formula is C50H32N6. The van der Waals surface area contributed by atoms with E-state index >= 15 is 0 Å². The SMILES string of the molecule is c1ccc(-n2c3cc(-c4cccc5c6ccccc6n(-c6ccc(-c7cc(-c8ccccn8)nc(-c8ccccn8)c7)cc6)c45)ccc3c3cccnc32)cc1. The minimum Gasteiger partial charge on any atom is -0.309 e. The van der Waals surface area contributed by atoms with E-state index in [0.717, 1.165) is 78.5 Å². The van der Waals surface area contributed by atoms with Crippen LogP contribution in [-0.2, 0) is 0 Å². The topological polar surface area (TPSA) is 61.4 Å². The summed E-state index contributed by atoms with van der Waals surface area (Å²) >= 11 is 0. The zero-order valence-electron chi connectivity index (χ0n) is 30.2. The van der Waals surface area contributed by atoms with E-state index in [4.69, 9.17) is 9.97 Å². The summed E-state index contributed by atoms with van der Waals surface area (Å²) in [6.07, 6.45) is 5.48. The van der Waals surface area contributed by atoms with Crippen molar-refractivity contribution in [3.63, 3.8) is 0 Å². The van der Waals surface area contributed by atoms with Gasteiger partial charge in [-0.3, -0.25) is 14.5 Å². The molecule has 0 spiro atoms. The number of para-hydroxylation sites is 3. The third-order valence-electron chi connectivity index (χ3n) is 10.7. The average Bonchev–Trinajstić information content (AvgIpc) is 3.80. The number of fused-ring (bicyclic) bond motifs is 6. The molecule has 0 aliphatic carbocycles. The number of hydrogen-bond acceptors (Lipinski definition) is 4. The normalized spacial score (nSPS) is 11.6. The Morgan fingerprint density at radius 2 is 0.964 bits per heavy atom. The first-order chi connectivity index (χ1) is 27.8. The molecule has 6 aromatic heterocycles. The number of benzene rings is 5. The van der Waals surface area contributed by atoms with Crippen LogP contribution < -0.4 is 0 Å². The van der Waals surface area contributed by atoms with Gasteiger partial charge in [0, 0.05) is 57.1 Å². The number of aromatic nitrogens is 6. The van der Waals surface area contributed by atoms with E-state index in [1.54, 1.807) is 12.4 Å². The molecular weight excluding hydrogens is 685 g/mol. The van der Waals surface area contributed by atoms with E-state index in [0.29, 0.717) is 0 Å². The predicted octanol–water partition coefficient (Wildman–Crippen LogP) is 12.1. The highest BCUT2D eigenvalue weighted by molar-refractivity contribution is 6.15. The highest BCUT2D eigenvalue weighted by Crippen LogP contribution is 2.41. The highest BCUT2D eigenvalue weighted by atomic mass is 15.0. The van der Waals surface area contributed by atoms with Gasteiger partial charge in [-0.1, -0.05) is 91.0 Å². The molecule has 0 amide bonds. The molecule has 0 unspecified atom stereocenters. The first-order valence-corrected chi connectivity index (χ1v) is 18.7. The lowest BCUT2D eigenvalue weighted by molar-refractivity contribution is 1.14. The largest absolute Gasteiger partial charge is 0.309 e. The lowest BCUT2D eigenvalue weighted by atomic mass is 10.00. The van der Waals surface area contributed by atoms with E-state index in [9.17, 15) is 0 Å². The zero-order valence-corrected chi connectivity index (χ0v) is 30.2. The molecule has 11 rings (SSSR count). The fourth-order valence-electron chi connectivity index (χ4n) is 8.16. The zero-order chi connectivity index (χ0) is 37.0. The summed E-state index contributed by atoms with van der Waals surface area (Å²) in [5, 5.41) is 4.74. The summed E-state index contributed by atoms with van der Waals surface area (Å²) in [5.74, 6) is 0. The van der Waals surface area contributed by atoms with Gasteiger partial charge in [-0.2, -0.15) is 0 Å². The Morgan fingerprint density at radius 3 is 1.71 bits per heavy atom. The van der Waals surface area contributed by atoms with Crippen LogP contribution in [0.3, 0.4) is 0 Å². The standard InChI is InChI=1S/C50H32N6/c1-2-12-36(13-3-1)56-48-32-34(23-26-40(48)42-17-11-29-53-50(42)56)38-15-10-16-41-39-14-4-5-20-47(39)55(49(38)41)37-24-21-33(22-25-37)35-30-45(43-18-6-8-27-51-43)54-46(31-35)44-19-7-9-28-52-44/h1-32H. The summed E-state index contributed by atoms with van der Waals surface area (Å²) in [7, 11) is 0. The molecule has 6 heteroatoms. The molecule has 11 aromatic rings. The lowest BCUT2D eigenvalue weighted by Gasteiger charge is -2.14. The van der Waals surface area contributed by atoms with Crippen molar-refractivity contribution in [1.29, 1.82) is 0 Å². The molecule has 0 bridgehead atoms. The lowest BCUT2D eigenvalue weighted by Crippen LogP contribution is -1.97. The Morgan fingerprint density at radius 1 is 0.339 bits per heavy atom. The van der Waals surface area contributed by atoms with Gasteiger partial charge < -0.3 is 4.57 Å². The summed E-state index contributed by atoms with van der Waals surface area (Å²) in [4.78, 5) is 19.1. The van der Waals surface area contributed by atoms with Crippen LogP contribution in [0.1, 0.15) is 0 Å². The monoisotopic (exact) mass is 716 g/mol. The molecule has 0 aliphatic heterocycles. The fourth-order valence-corrected chi connectivity index (χ4v) is 8.16. The molecule has 0 aliphatic rings. The Balaban J connectivity index is 1.09. The molecule has 5 aromatic carbocycles. The molecule has 6 heterocycles. The van der Waals surface area contributed by atoms with Crippen molar-refractivity contribution >= 4 is 43.7 Å². The van der Waals surface area contributed by atoms with Crippen LogP contribution in [0.15, 0.2) is 195 Å². The molecule has 0 saturated carbocycles. The summed E-state index contributed by atoms with van der Waals surface area (Å²) in [5.41, 5.74) is 14.3. The van der Waals surface area contributed by atoms with Crippen LogP contribution in [0.2, 0.25) is 0 Å². The molecule has 262 valence electrons. The Kier molecular flexibility index (Phi) is 7.38. The summed E-state index contributed by atoms with van der Waals surface area (Å²) < 4.78 is 4.69. The van der Waals surface area contributed by atoms with E-state index < -0.39 is 0 Å². The molecule has 0 atom stereocenters. The summed E-state index contributed by atoms with van der Waals surface area (Å²) in [6, 6.07) is 61.8. The van der Waals surface area contributed by atoms with Crippen molar-refractivity contribution < 1.29 is 0 Å². The van der Waals surface area contributed by atoms with Gasteiger partial charge in [0.05, 0.1) is 39.3 Å². The average molecular weight is 717 g/mol. The van der Waals surface area contributed by atoms with Gasteiger partial charge in [-0.25, -0.2) is 9.97 Å². The number of nitrogens with zero attached hydrogens (tertiary/aromatic N) is 6. The Bertz CT molecular complexity index is 3160. The molecule has 0 radical (unpaired) electrons. The third kappa shape index (κ3) is 5.19. The quantitative estimate of drug-likeness (QED) is 0.172. The maximum absolute atomic E-state index is 4.98. The second-order valence-corrected chi connectivity index (χ2v) is 13.9. The smallest absolute Gasteiger partial charge is 0.145 e. The van der Waals surface area contributed by atoms with E-state index in [-0.39, 0.29) is 0 Å². The van der Waals surface area contributed by atoms with Gasteiger partial charge in [0.15, 0.2) is 0 Å². The van der Waals surface area contributed by atoms with E-state index in [1.807, 2.05) is 48.7 Å². The summed E-state index contributed by atoms with van der Waals surface area (Å²) in [6.45, 7) is 0. The molecule has 0 fully saturated rings. The van der Waals surface area contributed by atoms with Gasteiger partial charge in [-0.15, -0.1) is 0 Å². The Hall–Kier alpha value is -7.70. The minimum atomic E-state index is 0.805. The predicted molar refractivity (Wildman–Crippen MR) is 228 cm³/mol. The Labute approximate surface area is 322 Å². The van der Waals surface area contributed by atoms with Crippen molar-refractivity contribution in [3.8, 4) is 56.4 Å². The molecule has 0 N–H and O–H groups in total. The maximum atomic E-state index is 4.98. The third-order valence-corrected chi connectivity index (χ3v) is 10.7. The van der Waals surface area contributed by atoms with Gasteiger partial charge >= 0.3 is 0 Å². The van der Waals surface area contributed by atoms with Crippen LogP contribution >= 0.6 is 0 Å². The van der Waals surface area contributed by atoms with Crippen LogP contribution in [-0.4, -0.2) is 29.1 Å². The van der Waals surface area contributed by atoms with Gasteiger partial charge in [0.1, 0.15) is 5.65 Å². The fraction of sp³-hybridized carbons (Fsp3) is 0. The number of pyridine rings is 4. The highest BCUT2D eigenvalue weighted by Gasteiger charge is 2.19. The van der Waals surface area contributed by atoms with E-state index in [2.05, 4.69) is 153 Å². The van der Waals surface area contributed by atoms with Crippen molar-refractivity contribution in [1.82, 2.24) is 29.1 Å². The minimum absolute atomic E-state index is 0.805. The van der Waals surface area contributed by atoms with Crippen molar-refractivity contribution in [2.75, 3.05) is 0 Å². The number of rotatable bonds is 6. The van der Waals surface area contributed by atoms with Crippen molar-refractivity contribution in [2.45, 2.75) is 0 Å². The van der Waals surface area contributed by atoms with Crippen LogP contribution in [0.5, 0.6) is 0 Å². The van der Waals surface area contributed by atoms with Crippen molar-refractivity contribution in [2.24, 2.45) is 0 Å². The second kappa shape index (κ2) is 13.0. The van der Waals surface area contributed by atoms with E-state index in [1.165, 1.54) is 21.7 Å². The molecule has 0 saturated heterocycles. The van der Waals surface area contributed by atoms with Crippen LogP contribution in [0.25, 0.3) is 100 Å². The van der Waals surface area contributed by atoms with Crippen LogP contribution in [0, 0.1) is 0 Å². The van der Waals surface area contributed by atoms with Gasteiger partial charge in [0.25, 0.3) is 0 Å². The first-order valence-electron chi connectivity index (χ1n) is 18.7. The van der Waals surface area contributed by atoms with Gasteiger partial charge in [-0.05, 0) is 102 Å². The van der Waals surface area contributed by atoms with Gasteiger partial charge in [0.2, 0.25) is 0 Å². The first kappa shape index (κ1) is 31.8. The van der Waals surface area contributed by atoms with Crippen molar-refractivity contribution in [3.05, 3.63) is 195 Å².